The SMILES string of the molecule is CC(=O)C=CC=C(C)CCCC(C)CCCC(C)C(=O)O. The Labute approximate surface area is 129 Å². The second-order valence-corrected chi connectivity index (χ2v) is 6.15. The van der Waals surface area contributed by atoms with Gasteiger partial charge in [-0.15, -0.1) is 0 Å². The van der Waals surface area contributed by atoms with Gasteiger partial charge in [-0.25, -0.2) is 0 Å². The van der Waals surface area contributed by atoms with Crippen molar-refractivity contribution < 1.29 is 14.7 Å². The fourth-order valence-electron chi connectivity index (χ4n) is 2.20. The molecule has 0 radical (unpaired) electrons. The molecule has 0 aromatic heterocycles. The van der Waals surface area contributed by atoms with Crippen molar-refractivity contribution in [1.82, 2.24) is 0 Å². The summed E-state index contributed by atoms with van der Waals surface area (Å²) in [7, 11) is 0. The Kier molecular flexibility index (Phi) is 10.6. The lowest BCUT2D eigenvalue weighted by Crippen LogP contribution is -2.09. The van der Waals surface area contributed by atoms with Crippen molar-refractivity contribution in [2.75, 3.05) is 0 Å². The Morgan fingerprint density at radius 1 is 1.05 bits per heavy atom. The maximum absolute atomic E-state index is 10.8. The van der Waals surface area contributed by atoms with Crippen LogP contribution in [-0.4, -0.2) is 16.9 Å². The summed E-state index contributed by atoms with van der Waals surface area (Å²) >= 11 is 0. The minimum Gasteiger partial charge on any atom is -0.481 e. The molecule has 0 heterocycles. The van der Waals surface area contributed by atoms with Gasteiger partial charge in [0.15, 0.2) is 5.78 Å². The largest absolute Gasteiger partial charge is 0.481 e. The van der Waals surface area contributed by atoms with Crippen LogP contribution in [0, 0.1) is 11.8 Å². The van der Waals surface area contributed by atoms with E-state index in [4.69, 9.17) is 5.11 Å². The molecule has 0 fully saturated rings. The van der Waals surface area contributed by atoms with Gasteiger partial charge in [-0.3, -0.25) is 9.59 Å². The standard InChI is InChI=1S/C18H30O3/c1-14(10-6-12-16(3)18(20)21)8-5-9-15(2)11-7-13-17(4)19/h7,11,13-14,16H,5-6,8-10,12H2,1-4H3,(H,20,21). The lowest BCUT2D eigenvalue weighted by molar-refractivity contribution is -0.141. The van der Waals surface area contributed by atoms with Crippen molar-refractivity contribution in [1.29, 1.82) is 0 Å². The van der Waals surface area contributed by atoms with Crippen molar-refractivity contribution in [2.24, 2.45) is 11.8 Å². The molecule has 21 heavy (non-hydrogen) atoms. The average Bonchev–Trinajstić information content (AvgIpc) is 2.37. The third-order valence-electron chi connectivity index (χ3n) is 3.74. The molecule has 0 amide bonds. The van der Waals surface area contributed by atoms with Crippen LogP contribution >= 0.6 is 0 Å². The Bertz CT molecular complexity index is 380. The topological polar surface area (TPSA) is 54.4 Å². The summed E-state index contributed by atoms with van der Waals surface area (Å²) in [6.45, 7) is 7.64. The summed E-state index contributed by atoms with van der Waals surface area (Å²) < 4.78 is 0. The molecule has 0 aromatic carbocycles. The highest BCUT2D eigenvalue weighted by Crippen LogP contribution is 2.19. The Balaban J connectivity index is 3.76. The first-order valence-corrected chi connectivity index (χ1v) is 7.90. The molecule has 2 atom stereocenters. The molecule has 0 saturated heterocycles. The first kappa shape index (κ1) is 19.6. The number of rotatable bonds is 11. The molecule has 2 unspecified atom stereocenters. The zero-order valence-electron chi connectivity index (χ0n) is 13.9. The highest BCUT2D eigenvalue weighted by atomic mass is 16.4. The van der Waals surface area contributed by atoms with Crippen LogP contribution in [0.3, 0.4) is 0 Å². The number of ketones is 1. The van der Waals surface area contributed by atoms with Crippen LogP contribution in [0.5, 0.6) is 0 Å². The van der Waals surface area contributed by atoms with E-state index >= 15 is 0 Å². The van der Waals surface area contributed by atoms with E-state index < -0.39 is 5.97 Å². The van der Waals surface area contributed by atoms with Gasteiger partial charge in [0.2, 0.25) is 0 Å². The summed E-state index contributed by atoms with van der Waals surface area (Å²) in [5.41, 5.74) is 1.29. The Morgan fingerprint density at radius 2 is 1.67 bits per heavy atom. The van der Waals surface area contributed by atoms with Gasteiger partial charge in [0.05, 0.1) is 5.92 Å². The molecule has 0 bridgehead atoms. The minimum absolute atomic E-state index is 0.0725. The molecule has 1 N–H and O–H groups in total. The second kappa shape index (κ2) is 11.3. The lowest BCUT2D eigenvalue weighted by Gasteiger charge is -2.12. The van der Waals surface area contributed by atoms with Gasteiger partial charge in [0, 0.05) is 0 Å². The molecule has 0 saturated carbocycles. The van der Waals surface area contributed by atoms with Gasteiger partial charge in [-0.1, -0.05) is 50.8 Å². The molecule has 120 valence electrons. The summed E-state index contributed by atoms with van der Waals surface area (Å²) in [6, 6.07) is 0. The first-order chi connectivity index (χ1) is 9.82. The van der Waals surface area contributed by atoms with E-state index in [2.05, 4.69) is 13.8 Å². The first-order valence-electron chi connectivity index (χ1n) is 7.90. The smallest absolute Gasteiger partial charge is 0.306 e. The summed E-state index contributed by atoms with van der Waals surface area (Å²) in [4.78, 5) is 21.5. The number of aliphatic carboxylic acids is 1. The van der Waals surface area contributed by atoms with E-state index in [1.54, 1.807) is 19.9 Å². The van der Waals surface area contributed by atoms with E-state index in [1.165, 1.54) is 12.0 Å². The van der Waals surface area contributed by atoms with E-state index in [0.29, 0.717) is 5.92 Å². The molecule has 0 aliphatic rings. The van der Waals surface area contributed by atoms with Crippen LogP contribution in [0.2, 0.25) is 0 Å². The van der Waals surface area contributed by atoms with Gasteiger partial charge in [0.1, 0.15) is 0 Å². The molecule has 3 nitrogen and oxygen atoms in total. The number of carboxylic acids is 1. The van der Waals surface area contributed by atoms with Gasteiger partial charge in [-0.2, -0.15) is 0 Å². The Hall–Kier alpha value is -1.38. The highest BCUT2D eigenvalue weighted by Gasteiger charge is 2.11. The van der Waals surface area contributed by atoms with Crippen molar-refractivity contribution in [3.63, 3.8) is 0 Å². The monoisotopic (exact) mass is 294 g/mol. The number of hydrogen-bond donors (Lipinski definition) is 1. The molecule has 0 aliphatic heterocycles. The molecular formula is C18H30O3. The van der Waals surface area contributed by atoms with Crippen LogP contribution in [0.4, 0.5) is 0 Å². The van der Waals surface area contributed by atoms with Crippen LogP contribution in [-0.2, 0) is 9.59 Å². The summed E-state index contributed by atoms with van der Waals surface area (Å²) in [5.74, 6) is -0.202. The minimum atomic E-state index is -0.693. The third kappa shape index (κ3) is 12.1. The van der Waals surface area contributed by atoms with Crippen LogP contribution in [0.15, 0.2) is 23.8 Å². The zero-order chi connectivity index (χ0) is 16.3. The molecule has 0 aliphatic carbocycles. The van der Waals surface area contributed by atoms with E-state index in [9.17, 15) is 9.59 Å². The number of carbonyl (C=O) groups excluding carboxylic acids is 1. The maximum Gasteiger partial charge on any atom is 0.306 e. The summed E-state index contributed by atoms with van der Waals surface area (Å²) in [5, 5.41) is 8.82. The predicted molar refractivity (Wildman–Crippen MR) is 87.2 cm³/mol. The number of carboxylic acid groups (broad SMARTS) is 1. The van der Waals surface area contributed by atoms with E-state index in [-0.39, 0.29) is 11.7 Å². The lowest BCUT2D eigenvalue weighted by atomic mass is 9.94. The average molecular weight is 294 g/mol. The van der Waals surface area contributed by atoms with Crippen molar-refractivity contribution >= 4 is 11.8 Å². The second-order valence-electron chi connectivity index (χ2n) is 6.15. The van der Waals surface area contributed by atoms with Gasteiger partial charge in [-0.05, 0) is 45.1 Å². The number of carbonyl (C=O) groups is 2. The molecule has 0 spiro atoms. The van der Waals surface area contributed by atoms with Crippen molar-refractivity contribution in [2.45, 2.75) is 66.2 Å². The highest BCUT2D eigenvalue weighted by molar-refractivity contribution is 5.87. The zero-order valence-corrected chi connectivity index (χ0v) is 13.9. The molecule has 3 heteroatoms. The van der Waals surface area contributed by atoms with E-state index in [0.717, 1.165) is 32.1 Å². The fraction of sp³-hybridized carbons (Fsp3) is 0.667. The fourth-order valence-corrected chi connectivity index (χ4v) is 2.20. The quantitative estimate of drug-likeness (QED) is 0.441. The van der Waals surface area contributed by atoms with Crippen molar-refractivity contribution in [3.8, 4) is 0 Å². The predicted octanol–water partition coefficient (Wildman–Crippen LogP) is 4.78. The van der Waals surface area contributed by atoms with Crippen molar-refractivity contribution in [3.05, 3.63) is 23.8 Å². The molecule has 0 rings (SSSR count). The third-order valence-corrected chi connectivity index (χ3v) is 3.74. The van der Waals surface area contributed by atoms with Gasteiger partial charge < -0.3 is 5.11 Å². The number of allylic oxidation sites excluding steroid dienone is 4. The van der Waals surface area contributed by atoms with Gasteiger partial charge >= 0.3 is 5.97 Å². The van der Waals surface area contributed by atoms with Crippen LogP contribution in [0.25, 0.3) is 0 Å². The normalized spacial score (nSPS) is 15.1. The van der Waals surface area contributed by atoms with Crippen LogP contribution < -0.4 is 0 Å². The van der Waals surface area contributed by atoms with Gasteiger partial charge in [0.25, 0.3) is 0 Å². The number of hydrogen-bond acceptors (Lipinski definition) is 2. The molecular weight excluding hydrogens is 264 g/mol. The Morgan fingerprint density at radius 3 is 2.24 bits per heavy atom. The molecule has 0 aromatic rings. The maximum atomic E-state index is 10.8. The van der Waals surface area contributed by atoms with Crippen LogP contribution in [0.1, 0.15) is 66.2 Å². The summed E-state index contributed by atoms with van der Waals surface area (Å²) in [6.07, 6.45) is 11.6. The van der Waals surface area contributed by atoms with E-state index in [1.807, 2.05) is 12.2 Å².